The molecule has 0 saturated heterocycles. The average Bonchev–Trinajstić information content (AvgIpc) is 3.02. The maximum atomic E-state index is 12.2. The number of aromatic nitrogens is 1. The molecule has 0 bridgehead atoms. The van der Waals surface area contributed by atoms with E-state index in [1.54, 1.807) is 0 Å². The van der Waals surface area contributed by atoms with Crippen molar-refractivity contribution in [3.63, 3.8) is 0 Å². The van der Waals surface area contributed by atoms with Gasteiger partial charge in [0.25, 0.3) is 5.91 Å². The number of nitrogens with one attached hydrogen (secondary N) is 1. The smallest absolute Gasteiger partial charge is 0.371 e. The Balaban J connectivity index is 1.80. The molecule has 2 N–H and O–H groups in total. The Kier molecular flexibility index (Phi) is 3.29. The van der Waals surface area contributed by atoms with Crippen LogP contribution in [0.15, 0.2) is 21.9 Å². The highest BCUT2D eigenvalue weighted by Gasteiger charge is 2.43. The lowest BCUT2D eigenvalue weighted by molar-refractivity contribution is 0.0656. The summed E-state index contributed by atoms with van der Waals surface area (Å²) in [5, 5.41) is 14.6. The van der Waals surface area contributed by atoms with Gasteiger partial charge in [0, 0.05) is 11.1 Å². The van der Waals surface area contributed by atoms with Crippen LogP contribution in [0, 0.1) is 6.92 Å². The topological polar surface area (TPSA) is 92.4 Å². The van der Waals surface area contributed by atoms with Crippen molar-refractivity contribution in [2.24, 2.45) is 0 Å². The van der Waals surface area contributed by atoms with Gasteiger partial charge in [-0.15, -0.1) is 11.3 Å². The fourth-order valence-corrected chi connectivity index (χ4v) is 3.36. The largest absolute Gasteiger partial charge is 0.475 e. The number of furan rings is 1. The zero-order chi connectivity index (χ0) is 15.0. The molecular weight excluding hydrogens is 292 g/mol. The highest BCUT2D eigenvalue weighted by atomic mass is 32.1. The maximum Gasteiger partial charge on any atom is 0.371 e. The molecule has 110 valence electrons. The molecule has 1 fully saturated rings. The first-order chi connectivity index (χ1) is 10.00. The number of carboxylic acid groups (broad SMARTS) is 1. The minimum Gasteiger partial charge on any atom is -0.475 e. The standard InChI is InChI=1S/C14H14N2O4S/c1-8-7-21-13(15-8)14(5-2-6-14)16-11(17)9-3-4-10(20-9)12(18)19/h3-4,7H,2,5-6H2,1H3,(H,16,17)(H,18,19). The molecule has 1 aliphatic rings. The Morgan fingerprint density at radius 2 is 2.10 bits per heavy atom. The van der Waals surface area contributed by atoms with E-state index in [2.05, 4.69) is 10.3 Å². The van der Waals surface area contributed by atoms with E-state index in [0.717, 1.165) is 30.0 Å². The number of nitrogens with zero attached hydrogens (tertiary/aromatic N) is 1. The van der Waals surface area contributed by atoms with E-state index in [4.69, 9.17) is 9.52 Å². The molecule has 1 saturated carbocycles. The molecule has 1 aliphatic carbocycles. The van der Waals surface area contributed by atoms with Gasteiger partial charge in [-0.05, 0) is 38.3 Å². The Morgan fingerprint density at radius 3 is 2.57 bits per heavy atom. The molecule has 2 aromatic heterocycles. The summed E-state index contributed by atoms with van der Waals surface area (Å²) in [6.45, 7) is 1.92. The second-order valence-electron chi connectivity index (χ2n) is 5.15. The van der Waals surface area contributed by atoms with Crippen LogP contribution < -0.4 is 5.32 Å². The number of aryl methyl sites for hydroxylation is 1. The van der Waals surface area contributed by atoms with Crippen molar-refractivity contribution < 1.29 is 19.1 Å². The van der Waals surface area contributed by atoms with E-state index >= 15 is 0 Å². The number of thiazole rings is 1. The van der Waals surface area contributed by atoms with Crippen molar-refractivity contribution >= 4 is 23.2 Å². The molecule has 21 heavy (non-hydrogen) atoms. The Labute approximate surface area is 124 Å². The van der Waals surface area contributed by atoms with Crippen LogP contribution in [0.1, 0.15) is 51.1 Å². The van der Waals surface area contributed by atoms with Crippen molar-refractivity contribution in [2.75, 3.05) is 0 Å². The van der Waals surface area contributed by atoms with Gasteiger partial charge in [-0.1, -0.05) is 0 Å². The van der Waals surface area contributed by atoms with Gasteiger partial charge in [-0.25, -0.2) is 9.78 Å². The number of hydrogen-bond donors (Lipinski definition) is 2. The lowest BCUT2D eigenvalue weighted by Gasteiger charge is -2.40. The molecule has 2 aromatic rings. The van der Waals surface area contributed by atoms with Crippen LogP contribution in [0.5, 0.6) is 0 Å². The summed E-state index contributed by atoms with van der Waals surface area (Å²) in [5.41, 5.74) is 0.494. The molecule has 0 unspecified atom stereocenters. The number of rotatable bonds is 4. The van der Waals surface area contributed by atoms with E-state index in [-0.39, 0.29) is 11.5 Å². The minimum atomic E-state index is -1.19. The highest BCUT2D eigenvalue weighted by Crippen LogP contribution is 2.42. The van der Waals surface area contributed by atoms with E-state index in [9.17, 15) is 9.59 Å². The van der Waals surface area contributed by atoms with Crippen LogP contribution in [-0.4, -0.2) is 22.0 Å². The van der Waals surface area contributed by atoms with Crippen LogP contribution in [-0.2, 0) is 5.54 Å². The maximum absolute atomic E-state index is 12.2. The second-order valence-corrected chi connectivity index (χ2v) is 6.01. The van der Waals surface area contributed by atoms with Crippen molar-refractivity contribution in [1.29, 1.82) is 0 Å². The van der Waals surface area contributed by atoms with Gasteiger partial charge in [0.15, 0.2) is 5.76 Å². The van der Waals surface area contributed by atoms with E-state index in [0.29, 0.717) is 0 Å². The summed E-state index contributed by atoms with van der Waals surface area (Å²) in [5.74, 6) is -1.84. The molecule has 2 heterocycles. The van der Waals surface area contributed by atoms with Gasteiger partial charge in [-0.3, -0.25) is 4.79 Å². The number of carboxylic acids is 1. The summed E-state index contributed by atoms with van der Waals surface area (Å²) in [7, 11) is 0. The Bertz CT molecular complexity index is 699. The van der Waals surface area contributed by atoms with E-state index in [1.807, 2.05) is 12.3 Å². The van der Waals surface area contributed by atoms with Crippen molar-refractivity contribution in [1.82, 2.24) is 10.3 Å². The summed E-state index contributed by atoms with van der Waals surface area (Å²) in [4.78, 5) is 27.5. The van der Waals surface area contributed by atoms with Gasteiger partial charge in [0.2, 0.25) is 5.76 Å². The van der Waals surface area contributed by atoms with Gasteiger partial charge in [-0.2, -0.15) is 0 Å². The molecule has 6 nitrogen and oxygen atoms in total. The second kappa shape index (κ2) is 5.00. The third-order valence-corrected chi connectivity index (χ3v) is 4.79. The first kappa shape index (κ1) is 13.8. The van der Waals surface area contributed by atoms with Crippen LogP contribution in [0.4, 0.5) is 0 Å². The fourth-order valence-electron chi connectivity index (χ4n) is 2.35. The quantitative estimate of drug-likeness (QED) is 0.905. The predicted octanol–water partition coefficient (Wildman–Crippen LogP) is 2.55. The molecule has 1 amide bonds. The number of carbonyl (C=O) groups is 2. The summed E-state index contributed by atoms with van der Waals surface area (Å²) in [6.07, 6.45) is 2.69. The van der Waals surface area contributed by atoms with Crippen LogP contribution in [0.2, 0.25) is 0 Å². The highest BCUT2D eigenvalue weighted by molar-refractivity contribution is 7.09. The number of carbonyl (C=O) groups excluding carboxylic acids is 1. The SMILES string of the molecule is Cc1csc(C2(NC(=O)c3ccc(C(=O)O)o3)CCC2)n1. The monoisotopic (exact) mass is 306 g/mol. The molecule has 0 radical (unpaired) electrons. The third-order valence-electron chi connectivity index (χ3n) is 3.63. The lowest BCUT2D eigenvalue weighted by Crippen LogP contribution is -2.50. The number of hydrogen-bond acceptors (Lipinski definition) is 5. The molecule has 0 atom stereocenters. The number of amides is 1. The average molecular weight is 306 g/mol. The fraction of sp³-hybridized carbons (Fsp3) is 0.357. The first-order valence-electron chi connectivity index (χ1n) is 6.58. The molecular formula is C14H14N2O4S. The Hall–Kier alpha value is -2.15. The van der Waals surface area contributed by atoms with Crippen LogP contribution >= 0.6 is 11.3 Å². The number of aromatic carboxylic acids is 1. The Morgan fingerprint density at radius 1 is 1.38 bits per heavy atom. The molecule has 7 heteroatoms. The van der Waals surface area contributed by atoms with Gasteiger partial charge in [0.05, 0.1) is 5.54 Å². The normalized spacial score (nSPS) is 16.2. The predicted molar refractivity (Wildman–Crippen MR) is 75.5 cm³/mol. The van der Waals surface area contributed by atoms with Gasteiger partial charge < -0.3 is 14.8 Å². The molecule has 3 rings (SSSR count). The molecule has 0 spiro atoms. The van der Waals surface area contributed by atoms with Gasteiger partial charge in [0.1, 0.15) is 5.01 Å². The summed E-state index contributed by atoms with van der Waals surface area (Å²) in [6, 6.07) is 2.65. The van der Waals surface area contributed by atoms with Crippen molar-refractivity contribution in [3.05, 3.63) is 39.7 Å². The minimum absolute atomic E-state index is 0.00644. The van der Waals surface area contributed by atoms with Gasteiger partial charge >= 0.3 is 5.97 Å². The molecule has 0 aromatic carbocycles. The van der Waals surface area contributed by atoms with Crippen LogP contribution in [0.3, 0.4) is 0 Å². The summed E-state index contributed by atoms with van der Waals surface area (Å²) >= 11 is 1.53. The molecule has 0 aliphatic heterocycles. The van der Waals surface area contributed by atoms with Crippen LogP contribution in [0.25, 0.3) is 0 Å². The zero-order valence-electron chi connectivity index (χ0n) is 11.4. The third kappa shape index (κ3) is 2.44. The zero-order valence-corrected chi connectivity index (χ0v) is 12.2. The van der Waals surface area contributed by atoms with Crippen molar-refractivity contribution in [3.8, 4) is 0 Å². The summed E-state index contributed by atoms with van der Waals surface area (Å²) < 4.78 is 5.03. The lowest BCUT2D eigenvalue weighted by atomic mass is 9.77. The van der Waals surface area contributed by atoms with E-state index < -0.39 is 17.4 Å². The van der Waals surface area contributed by atoms with E-state index in [1.165, 1.54) is 23.5 Å². The van der Waals surface area contributed by atoms with Crippen molar-refractivity contribution in [2.45, 2.75) is 31.7 Å². The first-order valence-corrected chi connectivity index (χ1v) is 7.46.